The van der Waals surface area contributed by atoms with E-state index in [0.29, 0.717) is 5.92 Å². The average molecular weight is 351 g/mol. The Labute approximate surface area is 156 Å². The number of hydrogen-bond acceptors (Lipinski definition) is 3. The molecule has 1 N–H and O–H groups in total. The third kappa shape index (κ3) is 4.35. The van der Waals surface area contributed by atoms with E-state index in [4.69, 9.17) is 0 Å². The Morgan fingerprint density at radius 1 is 1.23 bits per heavy atom. The number of hydrogen-bond donors (Lipinski definition) is 1. The van der Waals surface area contributed by atoms with Crippen molar-refractivity contribution in [2.75, 3.05) is 13.1 Å². The van der Waals surface area contributed by atoms with E-state index in [9.17, 15) is 10.4 Å². The summed E-state index contributed by atoms with van der Waals surface area (Å²) in [6.07, 6.45) is 3.68. The van der Waals surface area contributed by atoms with Gasteiger partial charge in [-0.3, -0.25) is 4.90 Å². The molecule has 0 spiro atoms. The number of likely N-dealkylation sites (tertiary alicyclic amines) is 1. The van der Waals surface area contributed by atoms with E-state index in [1.165, 1.54) is 16.8 Å². The van der Waals surface area contributed by atoms with E-state index in [-0.39, 0.29) is 6.10 Å². The van der Waals surface area contributed by atoms with Crippen LogP contribution in [0, 0.1) is 24.2 Å². The van der Waals surface area contributed by atoms with Gasteiger partial charge in [-0.25, -0.2) is 0 Å². The van der Waals surface area contributed by atoms with Crippen LogP contribution in [-0.4, -0.2) is 33.8 Å². The fourth-order valence-corrected chi connectivity index (χ4v) is 3.96. The monoisotopic (exact) mass is 351 g/mol. The summed E-state index contributed by atoms with van der Waals surface area (Å²) in [5, 5.41) is 19.7. The number of nitrogens with zero attached hydrogens (tertiary/aromatic N) is 3. The normalized spacial score (nSPS) is 17.2. The van der Waals surface area contributed by atoms with Gasteiger partial charge in [-0.05, 0) is 68.8 Å². The van der Waals surface area contributed by atoms with Crippen LogP contribution in [0.1, 0.15) is 41.8 Å². The molecule has 1 fully saturated rings. The number of aryl methyl sites for hydroxylation is 1. The van der Waals surface area contributed by atoms with E-state index < -0.39 is 0 Å². The molecule has 0 saturated carbocycles. The molecular formula is C22H29N3O. The van der Waals surface area contributed by atoms with Gasteiger partial charge in [0.1, 0.15) is 11.8 Å². The van der Waals surface area contributed by atoms with Gasteiger partial charge < -0.3 is 9.67 Å². The Bertz CT molecular complexity index is 752. The third-order valence-electron chi connectivity index (χ3n) is 5.90. The molecule has 1 aromatic carbocycles. The summed E-state index contributed by atoms with van der Waals surface area (Å²) in [5.41, 5.74) is 4.44. The summed E-state index contributed by atoms with van der Waals surface area (Å²) in [5.74, 6) is 0.404. The molecule has 1 atom stereocenters. The van der Waals surface area contributed by atoms with Crippen LogP contribution in [0.2, 0.25) is 0 Å². The van der Waals surface area contributed by atoms with E-state index in [1.54, 1.807) is 0 Å². The van der Waals surface area contributed by atoms with Gasteiger partial charge in [-0.15, -0.1) is 0 Å². The molecule has 3 rings (SSSR count). The molecule has 0 radical (unpaired) electrons. The molecule has 4 heteroatoms. The maximum Gasteiger partial charge on any atom is 0.120 e. The van der Waals surface area contributed by atoms with Crippen LogP contribution < -0.4 is 0 Å². The van der Waals surface area contributed by atoms with Gasteiger partial charge in [0.05, 0.1) is 6.10 Å². The topological polar surface area (TPSA) is 52.2 Å². The third-order valence-corrected chi connectivity index (χ3v) is 5.90. The summed E-state index contributed by atoms with van der Waals surface area (Å²) >= 11 is 0. The molecule has 0 bridgehead atoms. The zero-order valence-corrected chi connectivity index (χ0v) is 15.9. The second-order valence-electron chi connectivity index (χ2n) is 7.52. The standard InChI is InChI=1S/C22H29N3O/c1-17-20(14-21(15-23)24(17)2)16-25-12-10-19(11-13-25)22(26)9-8-18-6-4-3-5-7-18/h3-7,14,19,22,26H,8-13,16H2,1-2H3. The van der Waals surface area contributed by atoms with Crippen LogP contribution >= 0.6 is 0 Å². The molecule has 0 amide bonds. The largest absolute Gasteiger partial charge is 0.393 e. The van der Waals surface area contributed by atoms with Crippen molar-refractivity contribution in [3.05, 3.63) is 58.9 Å². The molecule has 2 aromatic rings. The SMILES string of the molecule is Cc1c(CN2CCC(C(O)CCc3ccccc3)CC2)cc(C#N)n1C. The molecule has 1 unspecified atom stereocenters. The molecule has 1 aliphatic heterocycles. The Morgan fingerprint density at radius 3 is 2.54 bits per heavy atom. The van der Waals surface area contributed by atoms with Crippen LogP contribution in [0.4, 0.5) is 0 Å². The van der Waals surface area contributed by atoms with Gasteiger partial charge in [-0.2, -0.15) is 5.26 Å². The van der Waals surface area contributed by atoms with Crippen molar-refractivity contribution in [1.29, 1.82) is 5.26 Å². The molecule has 4 nitrogen and oxygen atoms in total. The van der Waals surface area contributed by atoms with Crippen molar-refractivity contribution in [2.24, 2.45) is 13.0 Å². The first kappa shape index (κ1) is 18.7. The van der Waals surface area contributed by atoms with Crippen molar-refractivity contribution in [2.45, 2.75) is 45.3 Å². The second-order valence-corrected chi connectivity index (χ2v) is 7.52. The minimum atomic E-state index is -0.207. The van der Waals surface area contributed by atoms with Crippen LogP contribution in [0.25, 0.3) is 0 Å². The lowest BCUT2D eigenvalue weighted by atomic mass is 9.88. The van der Waals surface area contributed by atoms with E-state index in [0.717, 1.165) is 51.0 Å². The Morgan fingerprint density at radius 2 is 1.92 bits per heavy atom. The molecule has 1 saturated heterocycles. The van der Waals surface area contributed by atoms with Crippen LogP contribution in [0.3, 0.4) is 0 Å². The fourth-order valence-electron chi connectivity index (χ4n) is 3.96. The highest BCUT2D eigenvalue weighted by atomic mass is 16.3. The van der Waals surface area contributed by atoms with E-state index in [2.05, 4.69) is 42.2 Å². The number of piperidine rings is 1. The highest BCUT2D eigenvalue weighted by Gasteiger charge is 2.25. The van der Waals surface area contributed by atoms with Gasteiger partial charge in [0.25, 0.3) is 0 Å². The first-order valence-corrected chi connectivity index (χ1v) is 9.58. The number of aromatic nitrogens is 1. The smallest absolute Gasteiger partial charge is 0.120 e. The highest BCUT2D eigenvalue weighted by molar-refractivity contribution is 5.34. The predicted octanol–water partition coefficient (Wildman–Crippen LogP) is 3.41. The number of aliphatic hydroxyl groups excluding tert-OH is 1. The predicted molar refractivity (Wildman–Crippen MR) is 104 cm³/mol. The minimum absolute atomic E-state index is 0.207. The molecule has 138 valence electrons. The van der Waals surface area contributed by atoms with Crippen LogP contribution in [-0.2, 0) is 20.0 Å². The zero-order chi connectivity index (χ0) is 18.5. The maximum atomic E-state index is 10.6. The van der Waals surface area contributed by atoms with E-state index in [1.807, 2.05) is 23.7 Å². The summed E-state index contributed by atoms with van der Waals surface area (Å²) in [4.78, 5) is 2.45. The molecule has 1 aliphatic rings. The zero-order valence-electron chi connectivity index (χ0n) is 15.9. The first-order chi connectivity index (χ1) is 12.6. The lowest BCUT2D eigenvalue weighted by Crippen LogP contribution is -2.37. The van der Waals surface area contributed by atoms with Gasteiger partial charge in [0.2, 0.25) is 0 Å². The summed E-state index contributed by atoms with van der Waals surface area (Å²) in [7, 11) is 1.95. The molecule has 26 heavy (non-hydrogen) atoms. The summed E-state index contributed by atoms with van der Waals surface area (Å²) < 4.78 is 1.97. The minimum Gasteiger partial charge on any atom is -0.393 e. The van der Waals surface area contributed by atoms with Crippen molar-refractivity contribution < 1.29 is 5.11 Å². The second kappa shape index (κ2) is 8.53. The number of nitriles is 1. The quantitative estimate of drug-likeness (QED) is 0.868. The lowest BCUT2D eigenvalue weighted by molar-refractivity contribution is 0.0519. The summed E-state index contributed by atoms with van der Waals surface area (Å²) in [6.45, 7) is 5.01. The van der Waals surface area contributed by atoms with Crippen LogP contribution in [0.15, 0.2) is 36.4 Å². The number of benzene rings is 1. The van der Waals surface area contributed by atoms with Crippen molar-refractivity contribution in [1.82, 2.24) is 9.47 Å². The van der Waals surface area contributed by atoms with Crippen LogP contribution in [0.5, 0.6) is 0 Å². The number of aliphatic hydroxyl groups is 1. The Balaban J connectivity index is 1.47. The average Bonchev–Trinajstić information content (AvgIpc) is 2.95. The Hall–Kier alpha value is -2.09. The Kier molecular flexibility index (Phi) is 6.13. The summed E-state index contributed by atoms with van der Waals surface area (Å²) in [6, 6.07) is 14.7. The molecule has 1 aromatic heterocycles. The van der Waals surface area contributed by atoms with Gasteiger partial charge >= 0.3 is 0 Å². The van der Waals surface area contributed by atoms with Gasteiger partial charge in [0.15, 0.2) is 0 Å². The number of rotatable bonds is 6. The van der Waals surface area contributed by atoms with Gasteiger partial charge in [0, 0.05) is 19.3 Å². The van der Waals surface area contributed by atoms with Crippen molar-refractivity contribution in [3.8, 4) is 6.07 Å². The molecule has 2 heterocycles. The highest BCUT2D eigenvalue weighted by Crippen LogP contribution is 2.25. The first-order valence-electron chi connectivity index (χ1n) is 9.58. The molecule has 0 aliphatic carbocycles. The maximum absolute atomic E-state index is 10.6. The molecular weight excluding hydrogens is 322 g/mol. The van der Waals surface area contributed by atoms with Crippen molar-refractivity contribution >= 4 is 0 Å². The van der Waals surface area contributed by atoms with E-state index >= 15 is 0 Å². The fraction of sp³-hybridized carbons (Fsp3) is 0.500. The van der Waals surface area contributed by atoms with Gasteiger partial charge in [-0.1, -0.05) is 30.3 Å². The lowest BCUT2D eigenvalue weighted by Gasteiger charge is -2.34. The van der Waals surface area contributed by atoms with Crippen molar-refractivity contribution in [3.63, 3.8) is 0 Å².